The molecule has 1 aromatic heterocycles. The van der Waals surface area contributed by atoms with Gasteiger partial charge in [0.1, 0.15) is 0 Å². The molecule has 160 valence electrons. The molecule has 8 nitrogen and oxygen atoms in total. The lowest BCUT2D eigenvalue weighted by Gasteiger charge is -2.12. The van der Waals surface area contributed by atoms with Crippen molar-refractivity contribution >= 4 is 34.8 Å². The standard InChI is InChI=1S/C23H18N4O4S/c28-19-11-10-15(12-20(19)29)13-24-26-21(30)14-32-23-25-18-9-5-4-8-17(18)22(31)27(23)16-6-2-1-3-7-16/h1-13,28-29H,14H2,(H,26,30)/b24-13+. The van der Waals surface area contributed by atoms with E-state index in [9.17, 15) is 19.8 Å². The highest BCUT2D eigenvalue weighted by atomic mass is 32.2. The molecule has 0 saturated carbocycles. The third-order valence-electron chi connectivity index (χ3n) is 4.49. The minimum absolute atomic E-state index is 0.0181. The number of carbonyl (C=O) groups is 1. The molecule has 4 aromatic rings. The summed E-state index contributed by atoms with van der Waals surface area (Å²) < 4.78 is 1.49. The van der Waals surface area contributed by atoms with E-state index in [4.69, 9.17) is 0 Å². The van der Waals surface area contributed by atoms with Crippen molar-refractivity contribution in [3.63, 3.8) is 0 Å². The molecule has 9 heteroatoms. The van der Waals surface area contributed by atoms with Gasteiger partial charge in [0.2, 0.25) is 0 Å². The number of carbonyl (C=O) groups excluding carboxylic acids is 1. The summed E-state index contributed by atoms with van der Waals surface area (Å²) >= 11 is 1.12. The first-order valence-electron chi connectivity index (χ1n) is 9.57. The minimum atomic E-state index is -0.392. The van der Waals surface area contributed by atoms with Crippen LogP contribution in [0.1, 0.15) is 5.56 Å². The van der Waals surface area contributed by atoms with Crippen molar-refractivity contribution in [2.24, 2.45) is 5.10 Å². The van der Waals surface area contributed by atoms with Gasteiger partial charge in [0.05, 0.1) is 28.6 Å². The number of hydrogen-bond donors (Lipinski definition) is 3. The molecule has 0 aliphatic rings. The van der Waals surface area contributed by atoms with E-state index in [0.29, 0.717) is 27.3 Å². The molecule has 0 saturated heterocycles. The van der Waals surface area contributed by atoms with Crippen molar-refractivity contribution in [3.8, 4) is 17.2 Å². The predicted octanol–water partition coefficient (Wildman–Crippen LogP) is 3.04. The summed E-state index contributed by atoms with van der Waals surface area (Å²) in [5.41, 5.74) is 3.90. The summed E-state index contributed by atoms with van der Waals surface area (Å²) in [6.45, 7) is 0. The van der Waals surface area contributed by atoms with E-state index in [2.05, 4.69) is 15.5 Å². The average Bonchev–Trinajstić information content (AvgIpc) is 2.81. The van der Waals surface area contributed by atoms with Crippen LogP contribution in [0.5, 0.6) is 11.5 Å². The quantitative estimate of drug-likeness (QED) is 0.138. The Labute approximate surface area is 186 Å². The first-order chi connectivity index (χ1) is 15.5. The molecule has 1 amide bonds. The molecule has 0 bridgehead atoms. The lowest BCUT2D eigenvalue weighted by molar-refractivity contribution is -0.118. The normalized spacial score (nSPS) is 11.1. The van der Waals surface area contributed by atoms with Crippen LogP contribution in [-0.4, -0.2) is 37.6 Å². The highest BCUT2D eigenvalue weighted by molar-refractivity contribution is 7.99. The van der Waals surface area contributed by atoms with Crippen LogP contribution in [0.15, 0.2) is 87.8 Å². The lowest BCUT2D eigenvalue weighted by atomic mass is 10.2. The summed E-state index contributed by atoms with van der Waals surface area (Å²) in [7, 11) is 0. The number of phenols is 2. The zero-order chi connectivity index (χ0) is 22.5. The molecule has 0 fully saturated rings. The van der Waals surface area contributed by atoms with Crippen LogP contribution in [0.4, 0.5) is 0 Å². The predicted molar refractivity (Wildman–Crippen MR) is 124 cm³/mol. The van der Waals surface area contributed by atoms with Crippen molar-refractivity contribution in [2.45, 2.75) is 5.16 Å². The maximum atomic E-state index is 13.1. The van der Waals surface area contributed by atoms with Gasteiger partial charge in [0, 0.05) is 0 Å². The molecule has 0 unspecified atom stereocenters. The number of rotatable bonds is 6. The largest absolute Gasteiger partial charge is 0.504 e. The van der Waals surface area contributed by atoms with E-state index >= 15 is 0 Å². The number of benzene rings is 3. The van der Waals surface area contributed by atoms with E-state index < -0.39 is 5.91 Å². The van der Waals surface area contributed by atoms with Crippen LogP contribution >= 0.6 is 11.8 Å². The summed E-state index contributed by atoms with van der Waals surface area (Å²) in [5.74, 6) is -0.932. The molecule has 0 spiro atoms. The van der Waals surface area contributed by atoms with Crippen LogP contribution in [0.3, 0.4) is 0 Å². The van der Waals surface area contributed by atoms with E-state index in [1.165, 1.54) is 29.0 Å². The molecule has 0 radical (unpaired) electrons. The Morgan fingerprint density at radius 1 is 1.03 bits per heavy atom. The molecular weight excluding hydrogens is 428 g/mol. The lowest BCUT2D eigenvalue weighted by Crippen LogP contribution is -2.24. The molecule has 3 aromatic carbocycles. The van der Waals surface area contributed by atoms with Crippen molar-refractivity contribution in [3.05, 3.63) is 88.7 Å². The summed E-state index contributed by atoms with van der Waals surface area (Å²) in [5, 5.41) is 23.6. The SMILES string of the molecule is O=C(CSc1nc2ccccc2c(=O)n1-c1ccccc1)N/N=C/c1ccc(O)c(O)c1. The number of hydrogen-bond acceptors (Lipinski definition) is 7. The fourth-order valence-corrected chi connectivity index (χ4v) is 3.78. The van der Waals surface area contributed by atoms with Gasteiger partial charge in [-0.1, -0.05) is 42.1 Å². The molecule has 0 aliphatic carbocycles. The Kier molecular flexibility index (Phi) is 6.18. The second kappa shape index (κ2) is 9.36. The van der Waals surface area contributed by atoms with Crippen molar-refractivity contribution in [2.75, 3.05) is 5.75 Å². The molecule has 1 heterocycles. The van der Waals surface area contributed by atoms with Crippen molar-refractivity contribution < 1.29 is 15.0 Å². The maximum absolute atomic E-state index is 13.1. The topological polar surface area (TPSA) is 117 Å². The van der Waals surface area contributed by atoms with Gasteiger partial charge >= 0.3 is 0 Å². The van der Waals surface area contributed by atoms with Crippen molar-refractivity contribution in [1.29, 1.82) is 0 Å². The molecule has 0 aliphatic heterocycles. The van der Waals surface area contributed by atoms with E-state index in [-0.39, 0.29) is 22.8 Å². The molecule has 3 N–H and O–H groups in total. The number of fused-ring (bicyclic) bond motifs is 1. The number of aromatic nitrogens is 2. The number of aromatic hydroxyl groups is 2. The molecule has 32 heavy (non-hydrogen) atoms. The first-order valence-corrected chi connectivity index (χ1v) is 10.6. The highest BCUT2D eigenvalue weighted by Gasteiger charge is 2.14. The number of thioether (sulfide) groups is 1. The second-order valence-corrected chi connectivity index (χ2v) is 7.66. The van der Waals surface area contributed by atoms with Gasteiger partial charge in [-0.3, -0.25) is 14.2 Å². The highest BCUT2D eigenvalue weighted by Crippen LogP contribution is 2.24. The van der Waals surface area contributed by atoms with Gasteiger partial charge in [-0.05, 0) is 48.0 Å². The van der Waals surface area contributed by atoms with Crippen LogP contribution in [-0.2, 0) is 4.79 Å². The Bertz CT molecular complexity index is 1370. The third kappa shape index (κ3) is 4.62. The number of nitrogens with zero attached hydrogens (tertiary/aromatic N) is 3. The van der Waals surface area contributed by atoms with E-state index in [1.54, 1.807) is 36.4 Å². The summed E-state index contributed by atoms with van der Waals surface area (Å²) in [6.07, 6.45) is 1.34. The van der Waals surface area contributed by atoms with E-state index in [1.807, 2.05) is 18.2 Å². The number of phenolic OH excluding ortho intramolecular Hbond substituents is 2. The van der Waals surface area contributed by atoms with Gasteiger partial charge in [-0.25, -0.2) is 10.4 Å². The zero-order valence-corrected chi connectivity index (χ0v) is 17.5. The monoisotopic (exact) mass is 446 g/mol. The Hall–Kier alpha value is -4.11. The third-order valence-corrected chi connectivity index (χ3v) is 5.43. The first kappa shape index (κ1) is 21.1. The summed E-state index contributed by atoms with van der Waals surface area (Å²) in [4.78, 5) is 30.0. The summed E-state index contributed by atoms with van der Waals surface area (Å²) in [6, 6.07) is 20.4. The number of nitrogens with one attached hydrogen (secondary N) is 1. The minimum Gasteiger partial charge on any atom is -0.504 e. The van der Waals surface area contributed by atoms with Gasteiger partial charge in [-0.2, -0.15) is 5.10 Å². The molecule has 0 atom stereocenters. The van der Waals surface area contributed by atoms with Crippen LogP contribution in [0.25, 0.3) is 16.6 Å². The van der Waals surface area contributed by atoms with Gasteiger partial charge in [-0.15, -0.1) is 0 Å². The molecular formula is C23H18N4O4S. The van der Waals surface area contributed by atoms with Crippen LogP contribution in [0.2, 0.25) is 0 Å². The average molecular weight is 446 g/mol. The second-order valence-electron chi connectivity index (χ2n) is 6.72. The fraction of sp³-hybridized carbons (Fsp3) is 0.0435. The Morgan fingerprint density at radius 3 is 2.56 bits per heavy atom. The zero-order valence-electron chi connectivity index (χ0n) is 16.7. The Morgan fingerprint density at radius 2 is 1.78 bits per heavy atom. The number of para-hydroxylation sites is 2. The number of hydrazone groups is 1. The van der Waals surface area contributed by atoms with E-state index in [0.717, 1.165) is 11.8 Å². The molecule has 4 rings (SSSR count). The van der Waals surface area contributed by atoms with Gasteiger partial charge in [0.25, 0.3) is 11.5 Å². The van der Waals surface area contributed by atoms with Crippen LogP contribution < -0.4 is 11.0 Å². The van der Waals surface area contributed by atoms with Gasteiger partial charge in [0.15, 0.2) is 16.7 Å². The fourth-order valence-electron chi connectivity index (χ4n) is 2.98. The smallest absolute Gasteiger partial charge is 0.266 e. The van der Waals surface area contributed by atoms with Crippen molar-refractivity contribution in [1.82, 2.24) is 15.0 Å². The van der Waals surface area contributed by atoms with Crippen LogP contribution in [0, 0.1) is 0 Å². The Balaban J connectivity index is 1.53. The number of amides is 1. The maximum Gasteiger partial charge on any atom is 0.266 e. The van der Waals surface area contributed by atoms with Gasteiger partial charge < -0.3 is 10.2 Å².